The number of ether oxygens (including phenoxy) is 1. The highest BCUT2D eigenvalue weighted by atomic mass is 35.5. The number of halogens is 2. The molecule has 0 saturated heterocycles. The Morgan fingerprint density at radius 3 is 2.00 bits per heavy atom. The molecule has 0 heterocycles. The van der Waals surface area contributed by atoms with Crippen LogP contribution in [0.4, 0.5) is 5.69 Å². The Labute approximate surface area is 280 Å². The smallest absolute Gasteiger partial charge is 0.244 e. The van der Waals surface area contributed by atoms with E-state index in [0.29, 0.717) is 33.7 Å². The molecule has 11 heteroatoms. The van der Waals surface area contributed by atoms with Gasteiger partial charge in [-0.1, -0.05) is 91.6 Å². The fourth-order valence-corrected chi connectivity index (χ4v) is 5.90. The van der Waals surface area contributed by atoms with E-state index < -0.39 is 28.5 Å². The maximum Gasteiger partial charge on any atom is 0.244 e. The molecule has 1 atom stereocenters. The first-order valence-corrected chi connectivity index (χ1v) is 17.4. The molecule has 0 aliphatic rings. The van der Waals surface area contributed by atoms with Crippen molar-refractivity contribution in [2.75, 3.05) is 23.7 Å². The van der Waals surface area contributed by atoms with Crippen molar-refractivity contribution in [3.8, 4) is 11.5 Å². The minimum absolute atomic E-state index is 0.0101. The van der Waals surface area contributed by atoms with E-state index in [1.807, 2.05) is 62.4 Å². The zero-order valence-electron chi connectivity index (χ0n) is 25.9. The van der Waals surface area contributed by atoms with Gasteiger partial charge in [0.05, 0.1) is 22.0 Å². The van der Waals surface area contributed by atoms with Gasteiger partial charge < -0.3 is 15.0 Å². The van der Waals surface area contributed by atoms with Crippen molar-refractivity contribution >= 4 is 50.7 Å². The number of para-hydroxylation sites is 1. The number of anilines is 1. The standard InChI is InChI=1S/C35H37Cl2N3O5S/c1-25(2)22-38-35(42)33(21-26-10-6-4-7-11-26)39(23-27-14-19-31(36)32(37)20-27)34(41)24-40(46(3,43)44)28-15-17-30(18-16-28)45-29-12-8-5-9-13-29/h4-20,25,33H,21-24H2,1-3H3,(H,38,42)/t33-/m0/s1. The number of nitrogens with one attached hydrogen (secondary N) is 1. The lowest BCUT2D eigenvalue weighted by molar-refractivity contribution is -0.140. The van der Waals surface area contributed by atoms with Gasteiger partial charge in [0.2, 0.25) is 21.8 Å². The largest absolute Gasteiger partial charge is 0.457 e. The number of carbonyl (C=O) groups excluding carboxylic acids is 2. The van der Waals surface area contributed by atoms with Crippen LogP contribution in [-0.4, -0.2) is 50.5 Å². The highest BCUT2D eigenvalue weighted by molar-refractivity contribution is 7.92. The van der Waals surface area contributed by atoms with Crippen LogP contribution in [-0.2, 0) is 32.6 Å². The third-order valence-corrected chi connectivity index (χ3v) is 8.95. The van der Waals surface area contributed by atoms with E-state index in [4.69, 9.17) is 27.9 Å². The van der Waals surface area contributed by atoms with E-state index in [1.54, 1.807) is 54.6 Å². The molecule has 4 aromatic carbocycles. The molecule has 0 aliphatic carbocycles. The predicted octanol–water partition coefficient (Wildman–Crippen LogP) is 6.96. The Morgan fingerprint density at radius 2 is 1.41 bits per heavy atom. The van der Waals surface area contributed by atoms with E-state index in [9.17, 15) is 18.0 Å². The zero-order valence-corrected chi connectivity index (χ0v) is 28.2. The lowest BCUT2D eigenvalue weighted by Crippen LogP contribution is -2.53. The van der Waals surface area contributed by atoms with Gasteiger partial charge in [-0.15, -0.1) is 0 Å². The lowest BCUT2D eigenvalue weighted by atomic mass is 10.0. The molecule has 0 saturated carbocycles. The minimum atomic E-state index is -3.92. The van der Waals surface area contributed by atoms with E-state index in [1.165, 1.54) is 4.90 Å². The van der Waals surface area contributed by atoms with Crippen molar-refractivity contribution < 1.29 is 22.7 Å². The van der Waals surface area contributed by atoms with E-state index in [-0.39, 0.29) is 30.5 Å². The number of hydrogen-bond acceptors (Lipinski definition) is 5. The summed E-state index contributed by atoms with van der Waals surface area (Å²) in [4.78, 5) is 29.4. The number of rotatable bonds is 14. The topological polar surface area (TPSA) is 96.0 Å². The van der Waals surface area contributed by atoms with Crippen LogP contribution in [0.2, 0.25) is 10.0 Å². The van der Waals surface area contributed by atoms with Gasteiger partial charge in [-0.05, 0) is 65.6 Å². The number of sulfonamides is 1. The van der Waals surface area contributed by atoms with Crippen LogP contribution in [0.3, 0.4) is 0 Å². The van der Waals surface area contributed by atoms with Gasteiger partial charge in [-0.3, -0.25) is 13.9 Å². The van der Waals surface area contributed by atoms with Gasteiger partial charge in [-0.25, -0.2) is 8.42 Å². The van der Waals surface area contributed by atoms with Gasteiger partial charge in [0.15, 0.2) is 0 Å². The third kappa shape index (κ3) is 9.97. The maximum absolute atomic E-state index is 14.3. The van der Waals surface area contributed by atoms with E-state index >= 15 is 0 Å². The van der Waals surface area contributed by atoms with Crippen molar-refractivity contribution in [3.63, 3.8) is 0 Å². The minimum Gasteiger partial charge on any atom is -0.457 e. The number of benzene rings is 4. The molecule has 2 amide bonds. The van der Waals surface area contributed by atoms with E-state index in [2.05, 4.69) is 5.32 Å². The van der Waals surface area contributed by atoms with Crippen molar-refractivity contribution in [1.82, 2.24) is 10.2 Å². The van der Waals surface area contributed by atoms with Gasteiger partial charge in [0, 0.05) is 19.5 Å². The molecular formula is C35H37Cl2N3O5S. The molecule has 4 rings (SSSR count). The van der Waals surface area contributed by atoms with Crippen molar-refractivity contribution in [1.29, 1.82) is 0 Å². The summed E-state index contributed by atoms with van der Waals surface area (Å²) < 4.78 is 33.1. The summed E-state index contributed by atoms with van der Waals surface area (Å²) in [6.45, 7) is 3.81. The van der Waals surface area contributed by atoms with Gasteiger partial charge in [0.25, 0.3) is 0 Å². The average molecular weight is 683 g/mol. The first-order chi connectivity index (χ1) is 21.9. The van der Waals surface area contributed by atoms with Crippen LogP contribution in [0.25, 0.3) is 0 Å². The summed E-state index contributed by atoms with van der Waals surface area (Å²) in [6, 6.07) is 29.0. The summed E-state index contributed by atoms with van der Waals surface area (Å²) in [5, 5.41) is 3.61. The predicted molar refractivity (Wildman–Crippen MR) is 184 cm³/mol. The number of carbonyl (C=O) groups is 2. The summed E-state index contributed by atoms with van der Waals surface area (Å²) in [5.74, 6) is 0.389. The lowest BCUT2D eigenvalue weighted by Gasteiger charge is -2.33. The number of amides is 2. The maximum atomic E-state index is 14.3. The second kappa shape index (κ2) is 16.0. The molecule has 0 aliphatic heterocycles. The second-order valence-corrected chi connectivity index (χ2v) is 14.0. The van der Waals surface area contributed by atoms with Crippen LogP contribution >= 0.6 is 23.2 Å². The van der Waals surface area contributed by atoms with Crippen LogP contribution in [0.15, 0.2) is 103 Å². The second-order valence-electron chi connectivity index (χ2n) is 11.3. The molecule has 4 aromatic rings. The Balaban J connectivity index is 1.69. The molecule has 0 bridgehead atoms. The van der Waals surface area contributed by atoms with Crippen LogP contribution in [0.5, 0.6) is 11.5 Å². The monoisotopic (exact) mass is 681 g/mol. The molecule has 46 heavy (non-hydrogen) atoms. The fourth-order valence-electron chi connectivity index (χ4n) is 4.73. The molecule has 8 nitrogen and oxygen atoms in total. The van der Waals surface area contributed by atoms with Crippen LogP contribution in [0.1, 0.15) is 25.0 Å². The zero-order chi connectivity index (χ0) is 33.3. The first-order valence-electron chi connectivity index (χ1n) is 14.8. The average Bonchev–Trinajstić information content (AvgIpc) is 3.03. The summed E-state index contributed by atoms with van der Waals surface area (Å²) >= 11 is 12.5. The molecule has 0 radical (unpaired) electrons. The summed E-state index contributed by atoms with van der Waals surface area (Å²) in [5.41, 5.74) is 1.74. The number of hydrogen-bond donors (Lipinski definition) is 1. The van der Waals surface area contributed by atoms with E-state index in [0.717, 1.165) is 16.1 Å². The Hall–Kier alpha value is -4.05. The van der Waals surface area contributed by atoms with Crippen molar-refractivity contribution in [3.05, 3.63) is 124 Å². The van der Waals surface area contributed by atoms with Crippen LogP contribution < -0.4 is 14.4 Å². The third-order valence-electron chi connectivity index (χ3n) is 7.08. The Morgan fingerprint density at radius 1 is 0.804 bits per heavy atom. The summed E-state index contributed by atoms with van der Waals surface area (Å²) in [7, 11) is -3.92. The fraction of sp³-hybridized carbons (Fsp3) is 0.257. The Bertz CT molecular complexity index is 1720. The van der Waals surface area contributed by atoms with Crippen LogP contribution in [0, 0.1) is 5.92 Å². The molecule has 0 spiro atoms. The molecule has 0 aromatic heterocycles. The van der Waals surface area contributed by atoms with Crippen molar-refractivity contribution in [2.45, 2.75) is 32.9 Å². The van der Waals surface area contributed by atoms with Gasteiger partial charge in [0.1, 0.15) is 24.1 Å². The normalized spacial score (nSPS) is 12.0. The molecule has 0 unspecified atom stereocenters. The first kappa shape index (κ1) is 34.8. The van der Waals surface area contributed by atoms with Gasteiger partial charge >= 0.3 is 0 Å². The molecule has 1 N–H and O–H groups in total. The molecule has 242 valence electrons. The highest BCUT2D eigenvalue weighted by Crippen LogP contribution is 2.27. The van der Waals surface area contributed by atoms with Gasteiger partial charge in [-0.2, -0.15) is 0 Å². The Kier molecular flexibility index (Phi) is 12.1. The highest BCUT2D eigenvalue weighted by Gasteiger charge is 2.33. The SMILES string of the molecule is CC(C)CNC(=O)[C@H](Cc1ccccc1)N(Cc1ccc(Cl)c(Cl)c1)C(=O)CN(c1ccc(Oc2ccccc2)cc1)S(C)(=O)=O. The quantitative estimate of drug-likeness (QED) is 0.155. The number of nitrogens with zero attached hydrogens (tertiary/aromatic N) is 2. The molecule has 0 fully saturated rings. The van der Waals surface area contributed by atoms with Crippen molar-refractivity contribution in [2.24, 2.45) is 5.92 Å². The molecular weight excluding hydrogens is 645 g/mol. The summed E-state index contributed by atoms with van der Waals surface area (Å²) in [6.07, 6.45) is 1.25.